The summed E-state index contributed by atoms with van der Waals surface area (Å²) in [7, 11) is 0. The second-order valence-electron chi connectivity index (χ2n) is 2.35. The van der Waals surface area contributed by atoms with Gasteiger partial charge in [-0.2, -0.15) is 0 Å². The zero-order valence-corrected chi connectivity index (χ0v) is 7.67. The average Bonchev–Trinajstić information content (AvgIpc) is 2.10. The first kappa shape index (κ1) is 11.3. The highest BCUT2D eigenvalue weighted by atomic mass is 16.5. The second-order valence-corrected chi connectivity index (χ2v) is 2.35. The van der Waals surface area contributed by atoms with Gasteiger partial charge >= 0.3 is 5.97 Å². The molecule has 0 heterocycles. The predicted molar refractivity (Wildman–Crippen MR) is 51.9 cm³/mol. The molecule has 0 bridgehead atoms. The van der Waals surface area contributed by atoms with Crippen molar-refractivity contribution in [3.05, 3.63) is 30.5 Å². The van der Waals surface area contributed by atoms with Gasteiger partial charge in [0.25, 0.3) is 0 Å². The van der Waals surface area contributed by atoms with Crippen LogP contribution in [0.4, 0.5) is 0 Å². The third-order valence-electron chi connectivity index (χ3n) is 1.34. The molecule has 0 aromatic carbocycles. The van der Waals surface area contributed by atoms with Crippen LogP contribution in [0, 0.1) is 12.3 Å². The highest BCUT2D eigenvalue weighted by Gasteiger charge is 2.12. The minimum atomic E-state index is -0.673. The summed E-state index contributed by atoms with van der Waals surface area (Å²) in [4.78, 5) is 10.6. The van der Waals surface area contributed by atoms with Gasteiger partial charge in [0.05, 0.1) is 0 Å². The van der Waals surface area contributed by atoms with Crippen LogP contribution in [0.25, 0.3) is 0 Å². The van der Waals surface area contributed by atoms with E-state index in [0.717, 1.165) is 0 Å². The van der Waals surface area contributed by atoms with Crippen LogP contribution in [0.2, 0.25) is 0 Å². The third kappa shape index (κ3) is 4.00. The van der Waals surface area contributed by atoms with Crippen molar-refractivity contribution >= 4 is 5.97 Å². The van der Waals surface area contributed by atoms with Gasteiger partial charge in [-0.15, -0.1) is 18.7 Å². The molecule has 13 heavy (non-hydrogen) atoms. The number of rotatable bonds is 4. The largest absolute Gasteiger partial charge is 0.444 e. The van der Waals surface area contributed by atoms with Crippen LogP contribution >= 0.6 is 0 Å². The number of carbonyl (C=O) groups excluding carboxylic acids is 1. The summed E-state index contributed by atoms with van der Waals surface area (Å²) < 4.78 is 4.84. The molecular weight excluding hydrogens is 164 g/mol. The zero-order valence-electron chi connectivity index (χ0n) is 7.67. The Kier molecular flexibility index (Phi) is 5.11. The molecule has 0 spiro atoms. The van der Waals surface area contributed by atoms with Gasteiger partial charge in [0.15, 0.2) is 6.10 Å². The summed E-state index contributed by atoms with van der Waals surface area (Å²) in [6.45, 7) is 8.31. The number of terminal acetylenes is 1. The fraction of sp³-hybridized carbons (Fsp3) is 0.273. The molecule has 0 unspecified atom stereocenters. The molecule has 1 atom stereocenters. The molecule has 0 saturated carbocycles. The summed E-state index contributed by atoms with van der Waals surface area (Å²) in [5, 5.41) is 0. The van der Waals surface area contributed by atoms with Gasteiger partial charge < -0.3 is 4.74 Å². The Hall–Kier alpha value is -1.71. The van der Waals surface area contributed by atoms with Crippen LogP contribution in [0.15, 0.2) is 30.5 Å². The van der Waals surface area contributed by atoms with Crippen LogP contribution in [-0.4, -0.2) is 12.1 Å². The predicted octanol–water partition coefficient (Wildman–Crippen LogP) is 1.84. The minimum Gasteiger partial charge on any atom is -0.444 e. The van der Waals surface area contributed by atoms with Crippen LogP contribution in [0.5, 0.6) is 0 Å². The van der Waals surface area contributed by atoms with Crippen molar-refractivity contribution in [1.82, 2.24) is 0 Å². The minimum absolute atomic E-state index is 0.417. The van der Waals surface area contributed by atoms with E-state index >= 15 is 0 Å². The highest BCUT2D eigenvalue weighted by Crippen LogP contribution is 2.09. The quantitative estimate of drug-likeness (QED) is 0.283. The number of hydrogen-bond acceptors (Lipinski definition) is 2. The van der Waals surface area contributed by atoms with E-state index < -0.39 is 12.1 Å². The zero-order chi connectivity index (χ0) is 10.3. The summed E-state index contributed by atoms with van der Waals surface area (Å²) in [5.74, 6) is 1.92. The van der Waals surface area contributed by atoms with E-state index in [-0.39, 0.29) is 0 Å². The highest BCUT2D eigenvalue weighted by molar-refractivity contribution is 5.67. The molecule has 2 heteroatoms. The molecule has 0 aromatic heterocycles. The average molecular weight is 176 g/mol. The van der Waals surface area contributed by atoms with Crippen molar-refractivity contribution in [3.8, 4) is 12.3 Å². The SMILES string of the molecule is C#C[C@@H](OC(C)=O)C(=C=C)CC=C. The maximum absolute atomic E-state index is 10.6. The standard InChI is InChI=1S/C11H12O2/c1-5-8-10(6-2)11(7-3)13-9(4)12/h3,5,11H,1-2,8H2,4H3/t11-/m1/s1. The number of carbonyl (C=O) groups is 1. The smallest absolute Gasteiger partial charge is 0.304 e. The Morgan fingerprint density at radius 2 is 2.38 bits per heavy atom. The van der Waals surface area contributed by atoms with Crippen LogP contribution in [0.1, 0.15) is 13.3 Å². The first-order chi connectivity index (χ1) is 6.15. The number of allylic oxidation sites excluding steroid dienone is 1. The lowest BCUT2D eigenvalue weighted by molar-refractivity contribution is -0.142. The van der Waals surface area contributed by atoms with Crippen molar-refractivity contribution in [2.75, 3.05) is 0 Å². The Bertz CT molecular complexity index is 288. The Morgan fingerprint density at radius 3 is 2.69 bits per heavy atom. The topological polar surface area (TPSA) is 26.3 Å². The van der Waals surface area contributed by atoms with Crippen LogP contribution < -0.4 is 0 Å². The maximum Gasteiger partial charge on any atom is 0.304 e. The van der Waals surface area contributed by atoms with Gasteiger partial charge in [-0.25, -0.2) is 0 Å². The molecule has 68 valence electrons. The fourth-order valence-electron chi connectivity index (χ4n) is 0.799. The van der Waals surface area contributed by atoms with E-state index in [0.29, 0.717) is 12.0 Å². The van der Waals surface area contributed by atoms with Crippen molar-refractivity contribution in [2.45, 2.75) is 19.4 Å². The van der Waals surface area contributed by atoms with Gasteiger partial charge in [-0.3, -0.25) is 4.79 Å². The lowest BCUT2D eigenvalue weighted by Crippen LogP contribution is -2.16. The van der Waals surface area contributed by atoms with Gasteiger partial charge in [0.2, 0.25) is 0 Å². The third-order valence-corrected chi connectivity index (χ3v) is 1.34. The van der Waals surface area contributed by atoms with E-state index in [1.54, 1.807) is 6.08 Å². The van der Waals surface area contributed by atoms with Gasteiger partial charge in [-0.1, -0.05) is 18.6 Å². The molecule has 0 rings (SSSR count). The first-order valence-electron chi connectivity index (χ1n) is 3.78. The van der Waals surface area contributed by atoms with E-state index in [1.165, 1.54) is 6.92 Å². The summed E-state index contributed by atoms with van der Waals surface area (Å²) in [6, 6.07) is 0. The fourth-order valence-corrected chi connectivity index (χ4v) is 0.799. The van der Waals surface area contributed by atoms with Gasteiger partial charge in [0.1, 0.15) is 0 Å². The van der Waals surface area contributed by atoms with E-state index in [1.807, 2.05) is 0 Å². The first-order valence-corrected chi connectivity index (χ1v) is 3.78. The van der Waals surface area contributed by atoms with Crippen molar-refractivity contribution in [2.24, 2.45) is 0 Å². The van der Waals surface area contributed by atoms with Crippen LogP contribution in [-0.2, 0) is 9.53 Å². The van der Waals surface area contributed by atoms with E-state index in [2.05, 4.69) is 24.8 Å². The summed E-state index contributed by atoms with van der Waals surface area (Å²) in [6.07, 6.45) is 6.68. The van der Waals surface area contributed by atoms with E-state index in [9.17, 15) is 4.79 Å². The lowest BCUT2D eigenvalue weighted by Gasteiger charge is -2.11. The maximum atomic E-state index is 10.6. The molecule has 0 radical (unpaired) electrons. The number of esters is 1. The Balaban J connectivity index is 4.56. The van der Waals surface area contributed by atoms with Crippen molar-refractivity contribution in [3.63, 3.8) is 0 Å². The monoisotopic (exact) mass is 176 g/mol. The molecule has 0 saturated heterocycles. The Morgan fingerprint density at radius 1 is 1.77 bits per heavy atom. The molecule has 0 aromatic rings. The van der Waals surface area contributed by atoms with Gasteiger partial charge in [-0.05, 0) is 6.42 Å². The number of hydrogen-bond donors (Lipinski definition) is 0. The number of ether oxygens (including phenoxy) is 1. The Labute approximate surface area is 78.6 Å². The normalized spacial score (nSPS) is 10.5. The second kappa shape index (κ2) is 5.88. The molecule has 0 N–H and O–H groups in total. The van der Waals surface area contributed by atoms with Gasteiger partial charge in [0, 0.05) is 12.5 Å². The lowest BCUT2D eigenvalue weighted by atomic mass is 10.1. The summed E-state index contributed by atoms with van der Waals surface area (Å²) in [5.41, 5.74) is 3.28. The molecule has 0 fully saturated rings. The van der Waals surface area contributed by atoms with Crippen molar-refractivity contribution < 1.29 is 9.53 Å². The summed E-state index contributed by atoms with van der Waals surface area (Å²) >= 11 is 0. The van der Waals surface area contributed by atoms with Crippen molar-refractivity contribution in [1.29, 1.82) is 0 Å². The molecule has 2 nitrogen and oxygen atoms in total. The molecule has 0 aliphatic heterocycles. The molecule has 0 aliphatic carbocycles. The molecule has 0 aliphatic rings. The molecule has 0 amide bonds. The van der Waals surface area contributed by atoms with E-state index in [4.69, 9.17) is 11.2 Å². The van der Waals surface area contributed by atoms with Crippen LogP contribution in [0.3, 0.4) is 0 Å². The molecular formula is C11H12O2.